The number of aromatic nitrogens is 2. The fraction of sp³-hybridized carbons (Fsp3) is 0. The van der Waals surface area contributed by atoms with E-state index in [-0.39, 0.29) is 10.5 Å². The van der Waals surface area contributed by atoms with Crippen LogP contribution >= 0.6 is 0 Å². The van der Waals surface area contributed by atoms with Crippen LogP contribution in [0.1, 0.15) is 10.4 Å². The molecule has 0 spiro atoms. The second-order valence-corrected chi connectivity index (χ2v) is 7.96. The van der Waals surface area contributed by atoms with Crippen molar-refractivity contribution >= 4 is 32.6 Å². The topological polar surface area (TPSA) is 112 Å². The number of carbonyl (C=O) groups is 1. The van der Waals surface area contributed by atoms with E-state index in [1.54, 1.807) is 30.3 Å². The molecule has 4 rings (SSSR count). The summed E-state index contributed by atoms with van der Waals surface area (Å²) < 4.78 is 41.3. The number of anilines is 1. The molecular formula is C20H14FN3O4S. The summed E-state index contributed by atoms with van der Waals surface area (Å²) in [6, 6.07) is 15.7. The van der Waals surface area contributed by atoms with Crippen molar-refractivity contribution in [2.45, 2.75) is 4.90 Å². The van der Waals surface area contributed by atoms with E-state index in [4.69, 9.17) is 5.11 Å². The fourth-order valence-corrected chi connectivity index (χ4v) is 3.97. The van der Waals surface area contributed by atoms with Crippen LogP contribution in [-0.2, 0) is 10.0 Å². The first kappa shape index (κ1) is 18.6. The number of hydrogen-bond donors (Lipinski definition) is 3. The van der Waals surface area contributed by atoms with Crippen LogP contribution < -0.4 is 4.72 Å². The van der Waals surface area contributed by atoms with Gasteiger partial charge in [-0.2, -0.15) is 5.10 Å². The van der Waals surface area contributed by atoms with Gasteiger partial charge in [0.15, 0.2) is 0 Å². The highest BCUT2D eigenvalue weighted by Gasteiger charge is 2.16. The first-order valence-corrected chi connectivity index (χ1v) is 9.92. The molecule has 0 fully saturated rings. The highest BCUT2D eigenvalue weighted by Crippen LogP contribution is 2.29. The monoisotopic (exact) mass is 411 g/mol. The lowest BCUT2D eigenvalue weighted by molar-refractivity contribution is 0.0696. The Morgan fingerprint density at radius 1 is 1.03 bits per heavy atom. The Kier molecular flexibility index (Phi) is 4.51. The van der Waals surface area contributed by atoms with E-state index in [1.807, 2.05) is 0 Å². The number of aromatic amines is 1. The molecule has 0 saturated carbocycles. The number of nitrogens with zero attached hydrogens (tertiary/aromatic N) is 1. The van der Waals surface area contributed by atoms with Crippen LogP contribution in [-0.4, -0.2) is 29.7 Å². The van der Waals surface area contributed by atoms with Crippen molar-refractivity contribution in [1.29, 1.82) is 0 Å². The van der Waals surface area contributed by atoms with Crippen LogP contribution in [0.3, 0.4) is 0 Å². The molecule has 0 aliphatic heterocycles. The quantitative estimate of drug-likeness (QED) is 0.462. The lowest BCUT2D eigenvalue weighted by atomic mass is 10.1. The Morgan fingerprint density at radius 3 is 2.48 bits per heavy atom. The lowest BCUT2D eigenvalue weighted by Gasteiger charge is -2.09. The van der Waals surface area contributed by atoms with Gasteiger partial charge in [0.25, 0.3) is 10.0 Å². The molecule has 0 radical (unpaired) electrons. The molecule has 0 aliphatic rings. The standard InChI is InChI=1S/C20H14FN3O4S/c21-14-3-1-2-13(10-14)19-17-11-15(6-9-18(17)22-23-19)24-29(27,28)16-7-4-12(5-8-16)20(25)26/h1-11,24H,(H,22,23)(H,25,26). The molecule has 4 aromatic rings. The first-order valence-electron chi connectivity index (χ1n) is 8.44. The average molecular weight is 411 g/mol. The van der Waals surface area contributed by atoms with Gasteiger partial charge in [-0.3, -0.25) is 9.82 Å². The van der Waals surface area contributed by atoms with Gasteiger partial charge in [-0.1, -0.05) is 12.1 Å². The number of nitrogens with one attached hydrogen (secondary N) is 2. The molecule has 1 heterocycles. The zero-order valence-corrected chi connectivity index (χ0v) is 15.6. The largest absolute Gasteiger partial charge is 0.478 e. The molecular weight excluding hydrogens is 397 g/mol. The summed E-state index contributed by atoms with van der Waals surface area (Å²) in [6.07, 6.45) is 0. The molecule has 0 aliphatic carbocycles. The van der Waals surface area contributed by atoms with Crippen molar-refractivity contribution in [1.82, 2.24) is 10.2 Å². The fourth-order valence-electron chi connectivity index (χ4n) is 2.92. The predicted octanol–water partition coefficient (Wildman–Crippen LogP) is 3.87. The summed E-state index contributed by atoms with van der Waals surface area (Å²) >= 11 is 0. The minimum absolute atomic E-state index is 0.0106. The third kappa shape index (κ3) is 3.67. The molecule has 9 heteroatoms. The SMILES string of the molecule is O=C(O)c1ccc(S(=O)(=O)Nc2ccc3[nH]nc(-c4cccc(F)c4)c3c2)cc1. The summed E-state index contributed by atoms with van der Waals surface area (Å²) in [7, 11) is -3.93. The number of hydrogen-bond acceptors (Lipinski definition) is 4. The third-order valence-corrected chi connectivity index (χ3v) is 5.72. The van der Waals surface area contributed by atoms with Crippen molar-refractivity contribution in [3.05, 3.63) is 78.1 Å². The lowest BCUT2D eigenvalue weighted by Crippen LogP contribution is -2.13. The van der Waals surface area contributed by atoms with Crippen LogP contribution in [0.2, 0.25) is 0 Å². The van der Waals surface area contributed by atoms with Gasteiger partial charge in [0.05, 0.1) is 16.0 Å². The zero-order valence-electron chi connectivity index (χ0n) is 14.8. The first-order chi connectivity index (χ1) is 13.8. The normalized spacial score (nSPS) is 11.5. The van der Waals surface area contributed by atoms with Gasteiger partial charge in [0, 0.05) is 16.6 Å². The van der Waals surface area contributed by atoms with E-state index in [0.717, 1.165) is 0 Å². The van der Waals surface area contributed by atoms with E-state index in [0.29, 0.717) is 27.8 Å². The van der Waals surface area contributed by atoms with Crippen molar-refractivity contribution in [2.24, 2.45) is 0 Å². The molecule has 0 amide bonds. The highest BCUT2D eigenvalue weighted by molar-refractivity contribution is 7.92. The predicted molar refractivity (Wildman–Crippen MR) is 106 cm³/mol. The molecule has 146 valence electrons. The maximum absolute atomic E-state index is 13.6. The van der Waals surface area contributed by atoms with Crippen molar-refractivity contribution in [3.8, 4) is 11.3 Å². The summed E-state index contributed by atoms with van der Waals surface area (Å²) in [5, 5.41) is 16.6. The van der Waals surface area contributed by atoms with Crippen LogP contribution in [0.4, 0.5) is 10.1 Å². The molecule has 29 heavy (non-hydrogen) atoms. The molecule has 0 atom stereocenters. The Bertz CT molecular complexity index is 1330. The van der Waals surface area contributed by atoms with Crippen LogP contribution in [0.5, 0.6) is 0 Å². The van der Waals surface area contributed by atoms with Gasteiger partial charge in [0.2, 0.25) is 0 Å². The number of sulfonamides is 1. The number of fused-ring (bicyclic) bond motifs is 1. The Labute approximate surface area is 164 Å². The molecule has 1 aromatic heterocycles. The molecule has 0 unspecified atom stereocenters. The minimum Gasteiger partial charge on any atom is -0.478 e. The van der Waals surface area contributed by atoms with Gasteiger partial charge in [-0.05, 0) is 54.6 Å². The van der Waals surface area contributed by atoms with Crippen molar-refractivity contribution in [2.75, 3.05) is 4.72 Å². The van der Waals surface area contributed by atoms with Crippen LogP contribution in [0.25, 0.3) is 22.2 Å². The van der Waals surface area contributed by atoms with E-state index in [9.17, 15) is 17.6 Å². The second kappa shape index (κ2) is 7.02. The molecule has 0 bridgehead atoms. The number of H-pyrrole nitrogens is 1. The van der Waals surface area contributed by atoms with Crippen LogP contribution in [0, 0.1) is 5.82 Å². The summed E-state index contributed by atoms with van der Waals surface area (Å²) in [5.41, 5.74) is 1.99. The van der Waals surface area contributed by atoms with E-state index >= 15 is 0 Å². The van der Waals surface area contributed by atoms with Gasteiger partial charge < -0.3 is 5.11 Å². The van der Waals surface area contributed by atoms with Gasteiger partial charge in [-0.15, -0.1) is 0 Å². The molecule has 7 nitrogen and oxygen atoms in total. The smallest absolute Gasteiger partial charge is 0.335 e. The van der Waals surface area contributed by atoms with Gasteiger partial charge >= 0.3 is 5.97 Å². The van der Waals surface area contributed by atoms with E-state index in [2.05, 4.69) is 14.9 Å². The van der Waals surface area contributed by atoms with E-state index in [1.165, 1.54) is 36.4 Å². The summed E-state index contributed by atoms with van der Waals surface area (Å²) in [5.74, 6) is -1.54. The van der Waals surface area contributed by atoms with Crippen LogP contribution in [0.15, 0.2) is 71.6 Å². The zero-order chi connectivity index (χ0) is 20.6. The molecule has 0 saturated heterocycles. The summed E-state index contributed by atoms with van der Waals surface area (Å²) in [4.78, 5) is 10.9. The minimum atomic E-state index is -3.93. The molecule has 3 N–H and O–H groups in total. The van der Waals surface area contributed by atoms with Gasteiger partial charge in [0.1, 0.15) is 11.5 Å². The number of carboxylic acid groups (broad SMARTS) is 1. The number of carboxylic acids is 1. The highest BCUT2D eigenvalue weighted by atomic mass is 32.2. The van der Waals surface area contributed by atoms with E-state index < -0.39 is 21.8 Å². The maximum Gasteiger partial charge on any atom is 0.335 e. The second-order valence-electron chi connectivity index (χ2n) is 6.28. The van der Waals surface area contributed by atoms with Crippen molar-refractivity contribution < 1.29 is 22.7 Å². The molecule has 3 aromatic carbocycles. The Hall–Kier alpha value is -3.72. The average Bonchev–Trinajstić information content (AvgIpc) is 3.11. The Balaban J connectivity index is 1.69. The maximum atomic E-state index is 13.6. The number of benzene rings is 3. The number of aromatic carboxylic acids is 1. The third-order valence-electron chi connectivity index (χ3n) is 4.32. The number of halogens is 1. The van der Waals surface area contributed by atoms with Crippen molar-refractivity contribution in [3.63, 3.8) is 0 Å². The number of rotatable bonds is 5. The summed E-state index contributed by atoms with van der Waals surface area (Å²) in [6.45, 7) is 0. The Morgan fingerprint density at radius 2 is 1.79 bits per heavy atom. The van der Waals surface area contributed by atoms with Gasteiger partial charge in [-0.25, -0.2) is 17.6 Å².